The summed E-state index contributed by atoms with van der Waals surface area (Å²) in [6, 6.07) is 0. The van der Waals surface area contributed by atoms with Crippen LogP contribution in [-0.2, 0) is 6.42 Å². The molecule has 0 aliphatic carbocycles. The maximum absolute atomic E-state index is 5.32. The summed E-state index contributed by atoms with van der Waals surface area (Å²) >= 11 is 0. The second-order valence-electron chi connectivity index (χ2n) is 5.33. The minimum Gasteiger partial charge on any atom is -0.338 e. The molecule has 0 atom stereocenters. The van der Waals surface area contributed by atoms with Crippen molar-refractivity contribution in [3.63, 3.8) is 0 Å². The zero-order chi connectivity index (χ0) is 12.2. The molecule has 1 aromatic heterocycles. The Labute approximate surface area is 108 Å². The standard InChI is InChI=1S/C13H22N4O/c1-2-8-16(7-1)9-5-6-12-14-13(15-18-12)17-10-3-4-11-17/h1-11H2. The van der Waals surface area contributed by atoms with Crippen molar-refractivity contribution in [1.29, 1.82) is 0 Å². The van der Waals surface area contributed by atoms with E-state index in [0.29, 0.717) is 0 Å². The first-order chi connectivity index (χ1) is 8.92. The summed E-state index contributed by atoms with van der Waals surface area (Å²) in [5.41, 5.74) is 0. The van der Waals surface area contributed by atoms with E-state index in [1.165, 1.54) is 45.3 Å². The number of aromatic nitrogens is 2. The largest absolute Gasteiger partial charge is 0.338 e. The van der Waals surface area contributed by atoms with Crippen LogP contribution in [0.3, 0.4) is 0 Å². The van der Waals surface area contributed by atoms with E-state index >= 15 is 0 Å². The molecule has 3 rings (SSSR count). The van der Waals surface area contributed by atoms with E-state index in [1.807, 2.05) is 0 Å². The third-order valence-corrected chi connectivity index (χ3v) is 3.91. The maximum atomic E-state index is 5.32. The minimum atomic E-state index is 0.795. The van der Waals surface area contributed by atoms with Crippen molar-refractivity contribution < 1.29 is 4.52 Å². The first kappa shape index (κ1) is 12.0. The summed E-state index contributed by atoms with van der Waals surface area (Å²) in [6.07, 6.45) is 7.26. The lowest BCUT2D eigenvalue weighted by Gasteiger charge is -2.12. The van der Waals surface area contributed by atoms with Gasteiger partial charge in [-0.1, -0.05) is 0 Å². The third-order valence-electron chi connectivity index (χ3n) is 3.91. The summed E-state index contributed by atoms with van der Waals surface area (Å²) < 4.78 is 5.32. The van der Waals surface area contributed by atoms with E-state index in [-0.39, 0.29) is 0 Å². The Bertz CT molecular complexity index is 367. The van der Waals surface area contributed by atoms with Gasteiger partial charge in [-0.15, -0.1) is 0 Å². The molecule has 5 nitrogen and oxygen atoms in total. The zero-order valence-corrected chi connectivity index (χ0v) is 11.0. The molecule has 0 radical (unpaired) electrons. The highest BCUT2D eigenvalue weighted by Crippen LogP contribution is 2.17. The molecule has 100 valence electrons. The van der Waals surface area contributed by atoms with Gasteiger partial charge in [-0.2, -0.15) is 4.98 Å². The lowest BCUT2D eigenvalue weighted by molar-refractivity contribution is 0.319. The van der Waals surface area contributed by atoms with Crippen molar-refractivity contribution in [2.24, 2.45) is 0 Å². The van der Waals surface area contributed by atoms with E-state index in [2.05, 4.69) is 19.9 Å². The first-order valence-corrected chi connectivity index (χ1v) is 7.22. The fraction of sp³-hybridized carbons (Fsp3) is 0.846. The van der Waals surface area contributed by atoms with Gasteiger partial charge in [0.25, 0.3) is 5.95 Å². The van der Waals surface area contributed by atoms with Crippen molar-refractivity contribution in [2.45, 2.75) is 38.5 Å². The first-order valence-electron chi connectivity index (χ1n) is 7.22. The Morgan fingerprint density at radius 1 is 1.00 bits per heavy atom. The minimum absolute atomic E-state index is 0.795. The molecule has 0 spiro atoms. The van der Waals surface area contributed by atoms with E-state index in [4.69, 9.17) is 4.52 Å². The predicted molar refractivity (Wildman–Crippen MR) is 69.7 cm³/mol. The smallest absolute Gasteiger partial charge is 0.266 e. The monoisotopic (exact) mass is 250 g/mol. The van der Waals surface area contributed by atoms with Gasteiger partial charge in [0.1, 0.15) is 0 Å². The quantitative estimate of drug-likeness (QED) is 0.796. The summed E-state index contributed by atoms with van der Waals surface area (Å²) in [4.78, 5) is 9.23. The van der Waals surface area contributed by atoms with Gasteiger partial charge in [0.05, 0.1) is 0 Å². The van der Waals surface area contributed by atoms with Crippen molar-refractivity contribution >= 4 is 5.95 Å². The molecular weight excluding hydrogens is 228 g/mol. The Morgan fingerprint density at radius 3 is 2.50 bits per heavy atom. The normalized spacial score (nSPS) is 21.0. The molecule has 2 aliphatic heterocycles. The maximum Gasteiger partial charge on any atom is 0.266 e. The Balaban J connectivity index is 1.44. The van der Waals surface area contributed by atoms with Crippen molar-refractivity contribution in [3.8, 4) is 0 Å². The van der Waals surface area contributed by atoms with E-state index in [1.54, 1.807) is 0 Å². The van der Waals surface area contributed by atoms with E-state index < -0.39 is 0 Å². The van der Waals surface area contributed by atoms with Crippen LogP contribution in [0.2, 0.25) is 0 Å². The zero-order valence-electron chi connectivity index (χ0n) is 11.0. The number of hydrogen-bond donors (Lipinski definition) is 0. The highest BCUT2D eigenvalue weighted by Gasteiger charge is 2.18. The molecule has 2 aliphatic rings. The Kier molecular flexibility index (Phi) is 3.78. The topological polar surface area (TPSA) is 45.4 Å². The summed E-state index contributed by atoms with van der Waals surface area (Å²) in [7, 11) is 0. The lowest BCUT2D eigenvalue weighted by atomic mass is 10.3. The van der Waals surface area contributed by atoms with Gasteiger partial charge in [-0.25, -0.2) is 0 Å². The third kappa shape index (κ3) is 2.83. The molecule has 3 heterocycles. The SMILES string of the molecule is C1CCN(CCCc2nc(N3CCCC3)no2)C1. The van der Waals surface area contributed by atoms with Gasteiger partial charge in [-0.05, 0) is 56.9 Å². The number of aryl methyl sites for hydroxylation is 1. The number of hydrogen-bond acceptors (Lipinski definition) is 5. The Hall–Kier alpha value is -1.10. The molecule has 0 saturated carbocycles. The van der Waals surface area contributed by atoms with Crippen molar-refractivity contribution in [1.82, 2.24) is 15.0 Å². The molecule has 0 bridgehead atoms. The molecule has 0 aromatic carbocycles. The van der Waals surface area contributed by atoms with Crippen molar-refractivity contribution in [3.05, 3.63) is 5.89 Å². The van der Waals surface area contributed by atoms with Crippen molar-refractivity contribution in [2.75, 3.05) is 37.6 Å². The molecular formula is C13H22N4O. The van der Waals surface area contributed by atoms with Gasteiger partial charge >= 0.3 is 0 Å². The lowest BCUT2D eigenvalue weighted by Crippen LogP contribution is -2.21. The average Bonchev–Trinajstić information content (AvgIpc) is 3.12. The number of likely N-dealkylation sites (tertiary alicyclic amines) is 1. The molecule has 0 N–H and O–H groups in total. The fourth-order valence-electron chi connectivity index (χ4n) is 2.85. The van der Waals surface area contributed by atoms with Gasteiger partial charge < -0.3 is 14.3 Å². The van der Waals surface area contributed by atoms with Crippen LogP contribution in [0.5, 0.6) is 0 Å². The average molecular weight is 250 g/mol. The summed E-state index contributed by atoms with van der Waals surface area (Å²) in [5, 5.41) is 4.07. The van der Waals surface area contributed by atoms with E-state index in [0.717, 1.165) is 37.8 Å². The molecule has 5 heteroatoms. The molecule has 18 heavy (non-hydrogen) atoms. The molecule has 0 amide bonds. The Morgan fingerprint density at radius 2 is 1.72 bits per heavy atom. The number of nitrogens with zero attached hydrogens (tertiary/aromatic N) is 4. The predicted octanol–water partition coefficient (Wildman–Crippen LogP) is 1.70. The molecule has 2 fully saturated rings. The van der Waals surface area contributed by atoms with Crippen LogP contribution in [-0.4, -0.2) is 47.8 Å². The van der Waals surface area contributed by atoms with Gasteiger partial charge in [0.15, 0.2) is 0 Å². The fourth-order valence-corrected chi connectivity index (χ4v) is 2.85. The van der Waals surface area contributed by atoms with Crippen LogP contribution in [0.25, 0.3) is 0 Å². The van der Waals surface area contributed by atoms with Crippen LogP contribution in [0, 0.1) is 0 Å². The van der Waals surface area contributed by atoms with Crippen LogP contribution < -0.4 is 4.90 Å². The molecule has 2 saturated heterocycles. The van der Waals surface area contributed by atoms with Crippen LogP contribution in [0.1, 0.15) is 38.0 Å². The second-order valence-corrected chi connectivity index (χ2v) is 5.33. The number of rotatable bonds is 5. The molecule has 1 aromatic rings. The highest BCUT2D eigenvalue weighted by molar-refractivity contribution is 5.28. The summed E-state index contributed by atoms with van der Waals surface area (Å²) in [5.74, 6) is 1.60. The molecule has 0 unspecified atom stereocenters. The van der Waals surface area contributed by atoms with Gasteiger partial charge in [0, 0.05) is 19.5 Å². The van der Waals surface area contributed by atoms with Gasteiger partial charge in [-0.3, -0.25) is 0 Å². The number of anilines is 1. The van der Waals surface area contributed by atoms with Crippen LogP contribution >= 0.6 is 0 Å². The second kappa shape index (κ2) is 5.69. The van der Waals surface area contributed by atoms with Crippen LogP contribution in [0.15, 0.2) is 4.52 Å². The van der Waals surface area contributed by atoms with Gasteiger partial charge in [0.2, 0.25) is 5.89 Å². The van der Waals surface area contributed by atoms with E-state index in [9.17, 15) is 0 Å². The summed E-state index contributed by atoms with van der Waals surface area (Å²) in [6.45, 7) is 5.85. The highest BCUT2D eigenvalue weighted by atomic mass is 16.5. The van der Waals surface area contributed by atoms with Crippen LogP contribution in [0.4, 0.5) is 5.95 Å².